The van der Waals surface area contributed by atoms with Crippen molar-refractivity contribution < 1.29 is 38.8 Å². The Morgan fingerprint density at radius 1 is 0.618 bits per heavy atom. The summed E-state index contributed by atoms with van der Waals surface area (Å²) in [4.78, 5) is 79.5. The molecule has 0 saturated heterocycles. The van der Waals surface area contributed by atoms with Crippen molar-refractivity contribution in [1.82, 2.24) is 0 Å². The number of rotatable bonds is 8. The summed E-state index contributed by atoms with van der Waals surface area (Å²) in [6.45, 7) is 4.83. The van der Waals surface area contributed by atoms with Gasteiger partial charge in [0.05, 0.1) is 9.85 Å². The molecule has 0 spiro atoms. The average Bonchev–Trinajstić information content (AvgIpc) is 2.81. The van der Waals surface area contributed by atoms with Gasteiger partial charge in [-0.15, -0.1) is 0 Å². The number of nitro groups is 2. The summed E-state index contributed by atoms with van der Waals surface area (Å²) >= 11 is 0. The fourth-order valence-corrected chi connectivity index (χ4v) is 2.66. The van der Waals surface area contributed by atoms with E-state index in [1.807, 2.05) is 0 Å². The Morgan fingerprint density at radius 3 is 1.12 bits per heavy atom. The van der Waals surface area contributed by atoms with Gasteiger partial charge in [-0.25, -0.2) is 19.4 Å². The number of hydrogen-bond acceptors (Lipinski definition) is 10. The van der Waals surface area contributed by atoms with E-state index in [1.165, 1.54) is 52.0 Å². The summed E-state index contributed by atoms with van der Waals surface area (Å²) in [5, 5.41) is 21.5. The van der Waals surface area contributed by atoms with Crippen molar-refractivity contribution in [2.75, 3.05) is 0 Å². The zero-order chi connectivity index (χ0) is 25.8. The molecule has 2 rings (SSSR count). The minimum Gasteiger partial charge on any atom is -0.293 e. The first-order valence-corrected chi connectivity index (χ1v) is 9.71. The highest BCUT2D eigenvalue weighted by Crippen LogP contribution is 2.28. The molecule has 178 valence electrons. The minimum atomic E-state index is -1.83. The van der Waals surface area contributed by atoms with Crippen molar-refractivity contribution in [3.63, 3.8) is 0 Å². The number of hydrogen-bond donors (Lipinski definition) is 0. The molecular weight excluding hydrogens is 452 g/mol. The monoisotopic (exact) mass is 472 g/mol. The van der Waals surface area contributed by atoms with Gasteiger partial charge < -0.3 is 0 Å². The summed E-state index contributed by atoms with van der Waals surface area (Å²) in [6.07, 6.45) is 0. The van der Waals surface area contributed by atoms with Crippen LogP contribution in [0.2, 0.25) is 0 Å². The Bertz CT molecular complexity index is 1070. The quantitative estimate of drug-likeness (QED) is 0.181. The van der Waals surface area contributed by atoms with Crippen LogP contribution >= 0.6 is 0 Å². The van der Waals surface area contributed by atoms with Gasteiger partial charge in [-0.1, -0.05) is 0 Å². The first-order valence-electron chi connectivity index (χ1n) is 9.71. The molecule has 0 fully saturated rings. The molecule has 0 bridgehead atoms. The molecular formula is C22H20N2O10. The summed E-state index contributed by atoms with van der Waals surface area (Å²) < 4.78 is 0. The van der Waals surface area contributed by atoms with E-state index in [4.69, 9.17) is 0 Å². The molecule has 0 unspecified atom stereocenters. The van der Waals surface area contributed by atoms with E-state index in [0.717, 1.165) is 24.3 Å². The molecule has 0 radical (unpaired) electrons. The molecule has 0 aromatic heterocycles. The highest BCUT2D eigenvalue weighted by Gasteiger charge is 2.43. The fourth-order valence-electron chi connectivity index (χ4n) is 2.66. The normalized spacial score (nSPS) is 11.3. The SMILES string of the molecule is CC(C)(C(=O)OOC(=O)C(C)(C)C(=O)c1ccc([N+](=O)[O-])cc1)C(=O)c1ccc([N+](=O)[O-])cc1. The second-order valence-electron chi connectivity index (χ2n) is 8.26. The molecule has 2 aromatic rings. The number of non-ortho nitro benzene ring substituents is 2. The van der Waals surface area contributed by atoms with Crippen LogP contribution in [0.1, 0.15) is 48.4 Å². The molecule has 0 aliphatic rings. The molecule has 0 atom stereocenters. The van der Waals surface area contributed by atoms with Crippen LogP contribution in [0.15, 0.2) is 48.5 Å². The molecule has 0 amide bonds. The van der Waals surface area contributed by atoms with Gasteiger partial charge in [-0.3, -0.25) is 29.8 Å². The molecule has 0 aliphatic heterocycles. The number of carbonyl (C=O) groups is 4. The Balaban J connectivity index is 2.08. The standard InChI is InChI=1S/C22H20N2O10/c1-21(2,17(25)13-5-9-15(10-6-13)23(29)30)19(27)33-34-20(28)22(3,4)18(26)14-7-11-16(12-8-14)24(31)32/h5-12H,1-4H3. The third-order valence-corrected chi connectivity index (χ3v) is 5.03. The molecule has 34 heavy (non-hydrogen) atoms. The van der Waals surface area contributed by atoms with Gasteiger partial charge >= 0.3 is 11.9 Å². The second-order valence-corrected chi connectivity index (χ2v) is 8.26. The maximum Gasteiger partial charge on any atom is 0.368 e. The lowest BCUT2D eigenvalue weighted by Crippen LogP contribution is -2.39. The minimum absolute atomic E-state index is 0.00689. The van der Waals surface area contributed by atoms with Crippen LogP contribution in [0, 0.1) is 31.1 Å². The first-order chi connectivity index (χ1) is 15.7. The maximum atomic E-state index is 12.7. The van der Waals surface area contributed by atoms with Gasteiger partial charge in [0.1, 0.15) is 10.8 Å². The van der Waals surface area contributed by atoms with Gasteiger partial charge in [0.15, 0.2) is 11.6 Å². The van der Waals surface area contributed by atoms with Crippen molar-refractivity contribution in [3.8, 4) is 0 Å². The summed E-state index contributed by atoms with van der Waals surface area (Å²) in [5.41, 5.74) is -4.16. The van der Waals surface area contributed by atoms with Crippen molar-refractivity contribution >= 4 is 34.9 Å². The van der Waals surface area contributed by atoms with E-state index in [1.54, 1.807) is 0 Å². The van der Waals surface area contributed by atoms with E-state index < -0.39 is 44.2 Å². The van der Waals surface area contributed by atoms with Crippen LogP contribution in [0.3, 0.4) is 0 Å². The van der Waals surface area contributed by atoms with Crippen molar-refractivity contribution in [2.24, 2.45) is 10.8 Å². The number of Topliss-reactive ketones (excluding diaryl/α,β-unsaturated/α-hetero) is 2. The zero-order valence-electron chi connectivity index (χ0n) is 18.6. The number of nitrogens with zero attached hydrogens (tertiary/aromatic N) is 2. The summed E-state index contributed by atoms with van der Waals surface area (Å²) in [5.74, 6) is -3.96. The van der Waals surface area contributed by atoms with Crippen molar-refractivity contribution in [2.45, 2.75) is 27.7 Å². The van der Waals surface area contributed by atoms with Crippen LogP contribution in [-0.4, -0.2) is 33.4 Å². The van der Waals surface area contributed by atoms with Crippen LogP contribution in [-0.2, 0) is 19.4 Å². The maximum absolute atomic E-state index is 12.7. The first kappa shape index (κ1) is 25.8. The average molecular weight is 472 g/mol. The van der Waals surface area contributed by atoms with E-state index in [9.17, 15) is 39.4 Å². The van der Waals surface area contributed by atoms with E-state index >= 15 is 0 Å². The van der Waals surface area contributed by atoms with Crippen LogP contribution in [0.25, 0.3) is 0 Å². The van der Waals surface area contributed by atoms with Gasteiger partial charge in [0, 0.05) is 35.4 Å². The van der Waals surface area contributed by atoms with Gasteiger partial charge in [0.25, 0.3) is 11.4 Å². The van der Waals surface area contributed by atoms with Crippen molar-refractivity contribution in [1.29, 1.82) is 0 Å². The Morgan fingerprint density at radius 2 is 0.882 bits per heavy atom. The van der Waals surface area contributed by atoms with Crippen molar-refractivity contribution in [3.05, 3.63) is 79.9 Å². The Kier molecular flexibility index (Phi) is 7.25. The van der Waals surface area contributed by atoms with E-state index in [0.29, 0.717) is 0 Å². The lowest BCUT2D eigenvalue weighted by Gasteiger charge is -2.22. The predicted molar refractivity (Wildman–Crippen MR) is 115 cm³/mol. The topological polar surface area (TPSA) is 173 Å². The number of nitro benzene ring substituents is 2. The van der Waals surface area contributed by atoms with E-state index in [2.05, 4.69) is 9.78 Å². The largest absolute Gasteiger partial charge is 0.368 e. The van der Waals surface area contributed by atoms with E-state index in [-0.39, 0.29) is 22.5 Å². The Labute approximate surface area is 192 Å². The zero-order valence-corrected chi connectivity index (χ0v) is 18.6. The lowest BCUT2D eigenvalue weighted by molar-refractivity contribution is -0.385. The van der Waals surface area contributed by atoms with Crippen LogP contribution in [0.5, 0.6) is 0 Å². The molecule has 0 N–H and O–H groups in total. The molecule has 12 nitrogen and oxygen atoms in total. The highest BCUT2D eigenvalue weighted by molar-refractivity contribution is 6.13. The molecule has 2 aromatic carbocycles. The van der Waals surface area contributed by atoms with Gasteiger partial charge in [-0.05, 0) is 52.0 Å². The summed E-state index contributed by atoms with van der Waals surface area (Å²) in [7, 11) is 0. The molecule has 0 saturated carbocycles. The Hall–Kier alpha value is -4.48. The molecule has 0 aliphatic carbocycles. The molecule has 12 heteroatoms. The predicted octanol–water partition coefficient (Wildman–Crippen LogP) is 3.62. The number of ketones is 2. The fraction of sp³-hybridized carbons (Fsp3) is 0.273. The lowest BCUT2D eigenvalue weighted by atomic mass is 9.84. The molecule has 0 heterocycles. The van der Waals surface area contributed by atoms with Crippen LogP contribution < -0.4 is 0 Å². The summed E-state index contributed by atoms with van der Waals surface area (Å²) in [6, 6.07) is 9.09. The third kappa shape index (κ3) is 5.28. The van der Waals surface area contributed by atoms with Gasteiger partial charge in [0.2, 0.25) is 0 Å². The number of benzene rings is 2. The number of carbonyl (C=O) groups excluding carboxylic acids is 4. The van der Waals surface area contributed by atoms with Crippen LogP contribution in [0.4, 0.5) is 11.4 Å². The second kappa shape index (κ2) is 9.57. The van der Waals surface area contributed by atoms with Gasteiger partial charge in [-0.2, -0.15) is 0 Å². The third-order valence-electron chi connectivity index (χ3n) is 5.03. The smallest absolute Gasteiger partial charge is 0.293 e. The highest BCUT2D eigenvalue weighted by atomic mass is 17.2.